The summed E-state index contributed by atoms with van der Waals surface area (Å²) in [6.07, 6.45) is 7.26. The van der Waals surface area contributed by atoms with Gasteiger partial charge >= 0.3 is 0 Å². The lowest BCUT2D eigenvalue weighted by Gasteiger charge is -2.42. The fraction of sp³-hybridized carbons (Fsp3) is 0.406. The topological polar surface area (TPSA) is 105 Å². The number of hydrogen-bond donors (Lipinski definition) is 1. The molecular weight excluding hydrogens is 550 g/mol. The molecule has 1 amide bonds. The Kier molecular flexibility index (Phi) is 6.78. The second-order valence-corrected chi connectivity index (χ2v) is 13.8. The van der Waals surface area contributed by atoms with Crippen LogP contribution in [-0.4, -0.2) is 72.9 Å². The number of amides is 1. The van der Waals surface area contributed by atoms with Crippen molar-refractivity contribution in [3.05, 3.63) is 77.4 Å². The number of hydrogen-bond acceptors (Lipinski definition) is 7. The van der Waals surface area contributed by atoms with Crippen molar-refractivity contribution in [2.75, 3.05) is 37.5 Å². The van der Waals surface area contributed by atoms with Gasteiger partial charge in [-0.15, -0.1) is 0 Å². The Hall–Kier alpha value is -3.76. The van der Waals surface area contributed by atoms with Gasteiger partial charge in [0.1, 0.15) is 6.61 Å². The van der Waals surface area contributed by atoms with E-state index in [0.29, 0.717) is 42.1 Å². The first kappa shape index (κ1) is 27.1. The van der Waals surface area contributed by atoms with Crippen LogP contribution in [0.3, 0.4) is 0 Å². The molecule has 4 aliphatic rings. The highest BCUT2D eigenvalue weighted by molar-refractivity contribution is 7.92. The first-order valence-electron chi connectivity index (χ1n) is 14.7. The highest BCUT2D eigenvalue weighted by Gasteiger charge is 2.39. The van der Waals surface area contributed by atoms with E-state index in [1.54, 1.807) is 18.2 Å². The summed E-state index contributed by atoms with van der Waals surface area (Å²) in [6, 6.07) is 13.7. The molecule has 0 spiro atoms. The summed E-state index contributed by atoms with van der Waals surface area (Å²) >= 11 is 0. The molecule has 7 rings (SSSR count). The lowest BCUT2D eigenvalue weighted by molar-refractivity contribution is 0.0283. The molecule has 1 aromatic heterocycles. The zero-order chi connectivity index (χ0) is 29.0. The summed E-state index contributed by atoms with van der Waals surface area (Å²) in [6.45, 7) is 7.23. The number of aromatic nitrogens is 2. The molecule has 218 valence electrons. The van der Waals surface area contributed by atoms with Gasteiger partial charge in [0.15, 0.2) is 0 Å². The quantitative estimate of drug-likeness (QED) is 0.457. The molecular formula is C32H35N5O4S. The second-order valence-electron chi connectivity index (χ2n) is 12.1. The van der Waals surface area contributed by atoms with E-state index in [0.717, 1.165) is 29.8 Å². The minimum atomic E-state index is -4.07. The Labute approximate surface area is 246 Å². The van der Waals surface area contributed by atoms with E-state index < -0.39 is 10.0 Å². The molecule has 2 aromatic carbocycles. The molecule has 4 atom stereocenters. The third kappa shape index (κ3) is 5.07. The average Bonchev–Trinajstić information content (AvgIpc) is 3.59. The normalized spacial score (nSPS) is 26.4. The molecule has 42 heavy (non-hydrogen) atoms. The minimum absolute atomic E-state index is 0.0179. The van der Waals surface area contributed by atoms with Crippen LogP contribution in [0.15, 0.2) is 65.6 Å². The third-order valence-corrected chi connectivity index (χ3v) is 10.5. The molecule has 0 radical (unpaired) electrons. The average molecular weight is 586 g/mol. The van der Waals surface area contributed by atoms with Gasteiger partial charge < -0.3 is 9.64 Å². The lowest BCUT2D eigenvalue weighted by atomic mass is 9.92. The van der Waals surface area contributed by atoms with Crippen molar-refractivity contribution in [3.63, 3.8) is 0 Å². The van der Waals surface area contributed by atoms with Crippen LogP contribution in [-0.2, 0) is 10.0 Å². The van der Waals surface area contributed by atoms with Crippen LogP contribution in [0.25, 0.3) is 11.3 Å². The Morgan fingerprint density at radius 1 is 1.00 bits per heavy atom. The molecule has 1 saturated carbocycles. The summed E-state index contributed by atoms with van der Waals surface area (Å²) in [4.78, 5) is 27.1. The summed E-state index contributed by atoms with van der Waals surface area (Å²) in [7, 11) is -4.07. The van der Waals surface area contributed by atoms with Gasteiger partial charge in [-0.1, -0.05) is 36.4 Å². The van der Waals surface area contributed by atoms with E-state index >= 15 is 0 Å². The van der Waals surface area contributed by atoms with Crippen LogP contribution >= 0.6 is 0 Å². The predicted octanol–water partition coefficient (Wildman–Crippen LogP) is 4.29. The van der Waals surface area contributed by atoms with Crippen molar-refractivity contribution >= 4 is 21.9 Å². The predicted molar refractivity (Wildman–Crippen MR) is 160 cm³/mol. The molecule has 10 heteroatoms. The van der Waals surface area contributed by atoms with E-state index in [-0.39, 0.29) is 35.3 Å². The maximum atomic E-state index is 13.8. The van der Waals surface area contributed by atoms with Crippen molar-refractivity contribution in [1.82, 2.24) is 19.8 Å². The number of piperazine rings is 1. The van der Waals surface area contributed by atoms with Gasteiger partial charge in [-0.3, -0.25) is 9.69 Å². The Balaban J connectivity index is 1.26. The fourth-order valence-corrected chi connectivity index (χ4v) is 8.13. The Morgan fingerprint density at radius 3 is 2.57 bits per heavy atom. The highest BCUT2D eigenvalue weighted by atomic mass is 32.2. The maximum Gasteiger partial charge on any atom is 0.264 e. The SMILES string of the molecule is Cc1cccc(C)c1-c1cc2nc(n1)NS(=O)(=O)c1cccc(c1)C(=O)N1CCN(CC3CC4C=CC3C4)C[C@@H]1CO2. The van der Waals surface area contributed by atoms with Gasteiger partial charge in [0.2, 0.25) is 11.8 Å². The number of anilines is 1. The van der Waals surface area contributed by atoms with Crippen molar-refractivity contribution in [2.24, 2.45) is 17.8 Å². The monoisotopic (exact) mass is 585 g/mol. The van der Waals surface area contributed by atoms with Crippen molar-refractivity contribution in [3.8, 4) is 17.1 Å². The van der Waals surface area contributed by atoms with Crippen molar-refractivity contribution < 1.29 is 17.9 Å². The van der Waals surface area contributed by atoms with Crippen LogP contribution in [0.2, 0.25) is 0 Å². The van der Waals surface area contributed by atoms with Gasteiger partial charge in [-0.25, -0.2) is 18.1 Å². The van der Waals surface area contributed by atoms with E-state index in [9.17, 15) is 13.2 Å². The second kappa shape index (κ2) is 10.5. The molecule has 3 unspecified atom stereocenters. The summed E-state index contributed by atoms with van der Waals surface area (Å²) in [5.74, 6) is 2.01. The van der Waals surface area contributed by atoms with E-state index in [1.165, 1.54) is 25.0 Å². The molecule has 1 N–H and O–H groups in total. The molecule has 3 heterocycles. The number of carbonyl (C=O) groups is 1. The standard InChI is InChI=1S/C32H35N5O4S/c1-20-5-3-6-21(2)30(20)28-16-29-34-32(33-28)35-42(39,40)27-8-4-7-24(15-27)31(38)37-12-11-36(18-26(37)19-41-29)17-25-14-22-9-10-23(25)13-22/h3-10,15-16,22-23,25-26H,11-14,17-19H2,1-2H3,(H,33,34,35)/t22?,23?,25?,26-/m1/s1. The van der Waals surface area contributed by atoms with Gasteiger partial charge in [-0.05, 0) is 73.8 Å². The number of carbonyl (C=O) groups excluding carboxylic acids is 1. The first-order valence-corrected chi connectivity index (χ1v) is 16.1. The van der Waals surface area contributed by atoms with E-state index in [2.05, 4.69) is 31.7 Å². The van der Waals surface area contributed by atoms with Crippen LogP contribution < -0.4 is 9.46 Å². The molecule has 6 bridgehead atoms. The molecule has 3 aromatic rings. The summed E-state index contributed by atoms with van der Waals surface area (Å²) < 4.78 is 35.7. The largest absolute Gasteiger partial charge is 0.475 e. The van der Waals surface area contributed by atoms with Gasteiger partial charge in [0.05, 0.1) is 16.6 Å². The Bertz CT molecular complexity index is 1670. The number of benzene rings is 2. The van der Waals surface area contributed by atoms with Crippen molar-refractivity contribution in [2.45, 2.75) is 37.6 Å². The number of sulfonamides is 1. The number of fused-ring (bicyclic) bond motifs is 7. The maximum absolute atomic E-state index is 13.8. The van der Waals surface area contributed by atoms with Crippen LogP contribution in [0.5, 0.6) is 5.88 Å². The number of nitrogens with zero attached hydrogens (tertiary/aromatic N) is 4. The van der Waals surface area contributed by atoms with Crippen LogP contribution in [0, 0.1) is 31.6 Å². The smallest absolute Gasteiger partial charge is 0.264 e. The molecule has 2 aliphatic heterocycles. The first-order chi connectivity index (χ1) is 20.2. The van der Waals surface area contributed by atoms with Gasteiger partial charge in [0, 0.05) is 43.4 Å². The minimum Gasteiger partial charge on any atom is -0.475 e. The lowest BCUT2D eigenvalue weighted by Crippen LogP contribution is -2.58. The van der Waals surface area contributed by atoms with E-state index in [4.69, 9.17) is 4.74 Å². The molecule has 1 saturated heterocycles. The zero-order valence-electron chi connectivity index (χ0n) is 23.9. The molecule has 9 nitrogen and oxygen atoms in total. The van der Waals surface area contributed by atoms with Crippen LogP contribution in [0.4, 0.5) is 5.95 Å². The fourth-order valence-electron chi connectivity index (χ4n) is 7.15. The number of aryl methyl sites for hydroxylation is 2. The van der Waals surface area contributed by atoms with Gasteiger partial charge in [-0.2, -0.15) is 4.98 Å². The Morgan fingerprint density at radius 2 is 1.81 bits per heavy atom. The zero-order valence-corrected chi connectivity index (χ0v) is 24.7. The third-order valence-electron chi connectivity index (χ3n) is 9.22. The number of ether oxygens (including phenoxy) is 1. The van der Waals surface area contributed by atoms with E-state index in [1.807, 2.05) is 36.9 Å². The molecule has 2 fully saturated rings. The summed E-state index contributed by atoms with van der Waals surface area (Å²) in [5, 5.41) is 0. The summed E-state index contributed by atoms with van der Waals surface area (Å²) in [5.41, 5.74) is 3.82. The van der Waals surface area contributed by atoms with Gasteiger partial charge in [0.25, 0.3) is 15.9 Å². The number of rotatable bonds is 3. The van der Waals surface area contributed by atoms with Crippen molar-refractivity contribution in [1.29, 1.82) is 0 Å². The highest BCUT2D eigenvalue weighted by Crippen LogP contribution is 2.43. The number of allylic oxidation sites excluding steroid dienone is 2. The van der Waals surface area contributed by atoms with Crippen LogP contribution in [0.1, 0.15) is 34.3 Å². The number of nitrogens with one attached hydrogen (secondary N) is 1. The molecule has 2 aliphatic carbocycles.